The van der Waals surface area contributed by atoms with E-state index in [1.807, 2.05) is 0 Å². The molecule has 2 aliphatic heterocycles. The van der Waals surface area contributed by atoms with Gasteiger partial charge in [0.05, 0.1) is 4.91 Å². The molecule has 0 aliphatic carbocycles. The first-order chi connectivity index (χ1) is 18.3. The number of hydrogen-bond donors (Lipinski definition) is 0. The van der Waals surface area contributed by atoms with E-state index >= 15 is 0 Å². The first-order valence-electron chi connectivity index (χ1n) is 11.3. The van der Waals surface area contributed by atoms with Crippen molar-refractivity contribution in [2.45, 2.75) is 58.3 Å². The van der Waals surface area contributed by atoms with Crippen LogP contribution in [0.2, 0.25) is 10.0 Å². The van der Waals surface area contributed by atoms with Crippen molar-refractivity contribution in [1.82, 2.24) is 4.90 Å². The van der Waals surface area contributed by atoms with Gasteiger partial charge in [0.1, 0.15) is 12.7 Å². The number of nitrogens with zero attached hydrogens (tertiary/aromatic N) is 1. The van der Waals surface area contributed by atoms with Crippen LogP contribution in [0, 0.1) is 0 Å². The van der Waals surface area contributed by atoms with Crippen molar-refractivity contribution in [1.29, 1.82) is 0 Å². The number of benzene rings is 1. The lowest BCUT2D eigenvalue weighted by Crippen LogP contribution is -2.66. The van der Waals surface area contributed by atoms with Crippen LogP contribution in [0.25, 0.3) is 6.08 Å². The molecule has 0 spiro atoms. The average molecular weight is 620 g/mol. The molecule has 11 nitrogen and oxygen atoms in total. The van der Waals surface area contributed by atoms with Crippen molar-refractivity contribution in [3.63, 3.8) is 0 Å². The van der Waals surface area contributed by atoms with E-state index in [0.29, 0.717) is 15.6 Å². The van der Waals surface area contributed by atoms with Gasteiger partial charge in [0, 0.05) is 37.7 Å². The molecule has 5 atom stereocenters. The summed E-state index contributed by atoms with van der Waals surface area (Å²) in [6.07, 6.45) is -5.49. The molecule has 0 radical (unpaired) electrons. The molecular formula is C24H23Cl2NO10S2. The lowest BCUT2D eigenvalue weighted by Gasteiger charge is -2.46. The van der Waals surface area contributed by atoms with Crippen LogP contribution in [-0.4, -0.2) is 76.3 Å². The number of ether oxygens (including phenoxy) is 5. The van der Waals surface area contributed by atoms with Gasteiger partial charge in [-0.25, -0.2) is 0 Å². The van der Waals surface area contributed by atoms with Gasteiger partial charge >= 0.3 is 23.9 Å². The van der Waals surface area contributed by atoms with E-state index < -0.39 is 67.0 Å². The Morgan fingerprint density at radius 3 is 2.13 bits per heavy atom. The number of rotatable bonds is 7. The fraction of sp³-hybridized carbons (Fsp3) is 0.417. The Morgan fingerprint density at radius 1 is 0.974 bits per heavy atom. The number of esters is 4. The Labute approximate surface area is 243 Å². The Hall–Kier alpha value is -2.71. The predicted octanol–water partition coefficient (Wildman–Crippen LogP) is 3.28. The zero-order valence-electron chi connectivity index (χ0n) is 21.0. The lowest BCUT2D eigenvalue weighted by molar-refractivity contribution is -0.268. The van der Waals surface area contributed by atoms with Gasteiger partial charge in [-0.15, -0.1) is 0 Å². The molecule has 1 aromatic carbocycles. The molecule has 2 aliphatic rings. The SMILES string of the molecule is CC(=O)OCC1OC(N2C(=O)C(=Cc3ccc(Cl)cc3Cl)SC2=S)C(OC(C)=O)C(OC(C)=O)C1OC(C)=O. The third-order valence-electron chi connectivity index (χ3n) is 5.29. The standard InChI is InChI=1S/C24H23Cl2NO10S2/c1-10(28)33-9-17-19(34-11(2)29)20(35-12(3)30)21(36-13(4)31)23(37-17)27-22(32)18(39-24(27)38)7-14-5-6-15(25)8-16(14)26/h5-8,17,19-21,23H,9H2,1-4H3. The molecule has 5 unspecified atom stereocenters. The van der Waals surface area contributed by atoms with Gasteiger partial charge in [-0.2, -0.15) is 0 Å². The smallest absolute Gasteiger partial charge is 0.303 e. The summed E-state index contributed by atoms with van der Waals surface area (Å²) in [5, 5.41) is 0.697. The molecule has 2 fully saturated rings. The van der Waals surface area contributed by atoms with Crippen molar-refractivity contribution >= 4 is 87.4 Å². The number of thiocarbonyl (C=S) groups is 1. The molecule has 3 rings (SSSR count). The minimum Gasteiger partial charge on any atom is -0.463 e. The predicted molar refractivity (Wildman–Crippen MR) is 143 cm³/mol. The van der Waals surface area contributed by atoms with E-state index in [9.17, 15) is 24.0 Å². The third-order valence-corrected chi connectivity index (χ3v) is 7.19. The zero-order chi connectivity index (χ0) is 29.0. The largest absolute Gasteiger partial charge is 0.463 e. The summed E-state index contributed by atoms with van der Waals surface area (Å²) in [7, 11) is 0. The Morgan fingerprint density at radius 2 is 1.56 bits per heavy atom. The minimum atomic E-state index is -1.48. The molecular weight excluding hydrogens is 597 g/mol. The number of carbonyl (C=O) groups excluding carboxylic acids is 5. The number of carbonyl (C=O) groups is 5. The summed E-state index contributed by atoms with van der Waals surface area (Å²) in [5.74, 6) is -3.68. The van der Waals surface area contributed by atoms with Crippen LogP contribution in [0.4, 0.5) is 0 Å². The van der Waals surface area contributed by atoms with Gasteiger partial charge in [0.25, 0.3) is 5.91 Å². The zero-order valence-corrected chi connectivity index (χ0v) is 24.2. The van der Waals surface area contributed by atoms with Gasteiger partial charge in [0.15, 0.2) is 28.9 Å². The third kappa shape index (κ3) is 7.70. The van der Waals surface area contributed by atoms with Crippen LogP contribution in [0.1, 0.15) is 33.3 Å². The molecule has 2 heterocycles. The molecule has 15 heteroatoms. The fourth-order valence-electron chi connectivity index (χ4n) is 3.87. The topological polar surface area (TPSA) is 135 Å². The summed E-state index contributed by atoms with van der Waals surface area (Å²) in [6.45, 7) is 4.01. The molecule has 2 saturated heterocycles. The Balaban J connectivity index is 2.06. The van der Waals surface area contributed by atoms with Crippen LogP contribution in [0.5, 0.6) is 0 Å². The summed E-state index contributed by atoms with van der Waals surface area (Å²) in [6, 6.07) is 4.72. The molecule has 1 amide bonds. The maximum atomic E-state index is 13.6. The quantitative estimate of drug-likeness (QED) is 0.192. The van der Waals surface area contributed by atoms with Crippen LogP contribution in [0.3, 0.4) is 0 Å². The average Bonchev–Trinajstić information content (AvgIpc) is 3.09. The van der Waals surface area contributed by atoms with E-state index in [-0.39, 0.29) is 9.23 Å². The van der Waals surface area contributed by atoms with Crippen LogP contribution < -0.4 is 0 Å². The maximum Gasteiger partial charge on any atom is 0.303 e. The van der Waals surface area contributed by atoms with Gasteiger partial charge in [-0.1, -0.05) is 53.2 Å². The number of thioether (sulfide) groups is 1. The molecule has 210 valence electrons. The highest BCUT2D eigenvalue weighted by Gasteiger charge is 2.56. The second-order valence-electron chi connectivity index (χ2n) is 8.31. The summed E-state index contributed by atoms with van der Waals surface area (Å²) in [5.41, 5.74) is 0.489. The molecule has 1 aromatic rings. The molecule has 0 N–H and O–H groups in total. The number of hydrogen-bond acceptors (Lipinski definition) is 12. The molecule has 0 aromatic heterocycles. The van der Waals surface area contributed by atoms with Crippen molar-refractivity contribution in [3.8, 4) is 0 Å². The maximum absolute atomic E-state index is 13.6. The summed E-state index contributed by atoms with van der Waals surface area (Å²) < 4.78 is 27.3. The van der Waals surface area contributed by atoms with Gasteiger partial charge < -0.3 is 23.7 Å². The molecule has 0 saturated carbocycles. The number of halogens is 2. The van der Waals surface area contributed by atoms with E-state index in [4.69, 9.17) is 59.1 Å². The minimum absolute atomic E-state index is 0.0252. The van der Waals surface area contributed by atoms with Gasteiger partial charge in [0.2, 0.25) is 0 Å². The monoisotopic (exact) mass is 619 g/mol. The first kappa shape index (κ1) is 30.8. The van der Waals surface area contributed by atoms with Crippen LogP contribution in [-0.2, 0) is 47.7 Å². The first-order valence-corrected chi connectivity index (χ1v) is 13.3. The van der Waals surface area contributed by atoms with Crippen molar-refractivity contribution < 1.29 is 47.7 Å². The van der Waals surface area contributed by atoms with E-state index in [0.717, 1.165) is 44.4 Å². The normalized spacial score (nSPS) is 25.8. The Bertz CT molecular complexity index is 1240. The highest BCUT2D eigenvalue weighted by atomic mass is 35.5. The van der Waals surface area contributed by atoms with Crippen molar-refractivity contribution in [3.05, 3.63) is 38.7 Å². The number of amides is 1. The second kappa shape index (κ2) is 13.1. The van der Waals surface area contributed by atoms with E-state index in [2.05, 4.69) is 0 Å². The highest BCUT2D eigenvalue weighted by Crippen LogP contribution is 2.40. The van der Waals surface area contributed by atoms with E-state index in [1.54, 1.807) is 12.1 Å². The van der Waals surface area contributed by atoms with E-state index in [1.165, 1.54) is 12.1 Å². The van der Waals surface area contributed by atoms with Crippen LogP contribution >= 0.6 is 47.2 Å². The van der Waals surface area contributed by atoms with Gasteiger partial charge in [-0.3, -0.25) is 28.9 Å². The summed E-state index contributed by atoms with van der Waals surface area (Å²) >= 11 is 18.6. The lowest BCUT2D eigenvalue weighted by atomic mass is 9.96. The van der Waals surface area contributed by atoms with Crippen molar-refractivity contribution in [2.24, 2.45) is 0 Å². The highest BCUT2D eigenvalue weighted by molar-refractivity contribution is 8.26. The molecule has 0 bridgehead atoms. The Kier molecular flexibility index (Phi) is 10.4. The summed E-state index contributed by atoms with van der Waals surface area (Å²) in [4.78, 5) is 62.4. The fourth-order valence-corrected chi connectivity index (χ4v) is 5.64. The van der Waals surface area contributed by atoms with Gasteiger partial charge in [-0.05, 0) is 23.8 Å². The van der Waals surface area contributed by atoms with Crippen molar-refractivity contribution in [2.75, 3.05) is 6.61 Å². The van der Waals surface area contributed by atoms with Crippen LogP contribution in [0.15, 0.2) is 23.1 Å². The molecule has 39 heavy (non-hydrogen) atoms. The second-order valence-corrected chi connectivity index (χ2v) is 10.8.